The number of nitrogens with one attached hydrogen (secondary N) is 1. The SMILES string of the molecule is O=C(NC1CCC(C(=O)N2CCC(O)CC2)CC1)c1ccc2cnccc2c1O.O=CO. The highest BCUT2D eigenvalue weighted by Gasteiger charge is 2.32. The molecule has 4 rings (SSSR count). The number of benzene rings is 1. The predicted molar refractivity (Wildman–Crippen MR) is 117 cm³/mol. The van der Waals surface area contributed by atoms with E-state index >= 15 is 0 Å². The Morgan fingerprint density at radius 3 is 2.38 bits per heavy atom. The number of aliphatic hydroxyl groups excluding tert-OH is 1. The van der Waals surface area contributed by atoms with Gasteiger partial charge in [0.25, 0.3) is 12.4 Å². The molecule has 9 heteroatoms. The number of aliphatic hydroxyl groups is 1. The molecule has 1 saturated heterocycles. The Hall–Kier alpha value is -3.20. The molecule has 2 aromatic rings. The van der Waals surface area contributed by atoms with E-state index in [1.54, 1.807) is 30.6 Å². The Labute approximate surface area is 186 Å². The second-order valence-electron chi connectivity index (χ2n) is 8.24. The maximum Gasteiger partial charge on any atom is 0.290 e. The molecule has 172 valence electrons. The van der Waals surface area contributed by atoms with Crippen molar-refractivity contribution in [3.63, 3.8) is 0 Å². The highest BCUT2D eigenvalue weighted by molar-refractivity contribution is 6.03. The maximum absolute atomic E-state index is 12.7. The van der Waals surface area contributed by atoms with Gasteiger partial charge < -0.3 is 25.5 Å². The van der Waals surface area contributed by atoms with E-state index in [1.807, 2.05) is 4.90 Å². The zero-order valence-corrected chi connectivity index (χ0v) is 17.8. The van der Waals surface area contributed by atoms with Gasteiger partial charge in [0.1, 0.15) is 5.75 Å². The third-order valence-corrected chi connectivity index (χ3v) is 6.22. The molecule has 2 aliphatic rings. The molecule has 32 heavy (non-hydrogen) atoms. The van der Waals surface area contributed by atoms with Crippen molar-refractivity contribution in [2.24, 2.45) is 5.92 Å². The van der Waals surface area contributed by atoms with E-state index in [4.69, 9.17) is 9.90 Å². The van der Waals surface area contributed by atoms with Gasteiger partial charge in [-0.25, -0.2) is 0 Å². The lowest BCUT2D eigenvalue weighted by atomic mass is 9.84. The van der Waals surface area contributed by atoms with Crippen molar-refractivity contribution >= 4 is 29.1 Å². The molecule has 0 radical (unpaired) electrons. The zero-order valence-electron chi connectivity index (χ0n) is 17.8. The number of carboxylic acid groups (broad SMARTS) is 1. The van der Waals surface area contributed by atoms with Crippen LogP contribution < -0.4 is 5.32 Å². The summed E-state index contributed by atoms with van der Waals surface area (Å²) in [6, 6.07) is 5.09. The van der Waals surface area contributed by atoms with Crippen LogP contribution in [0.25, 0.3) is 10.8 Å². The first-order valence-electron chi connectivity index (χ1n) is 10.9. The monoisotopic (exact) mass is 443 g/mol. The fraction of sp³-hybridized carbons (Fsp3) is 0.478. The van der Waals surface area contributed by atoms with E-state index in [2.05, 4.69) is 10.3 Å². The minimum atomic E-state index is -0.291. The van der Waals surface area contributed by atoms with E-state index in [0.29, 0.717) is 31.3 Å². The van der Waals surface area contributed by atoms with Crippen molar-refractivity contribution in [3.05, 3.63) is 36.2 Å². The van der Waals surface area contributed by atoms with Crippen LogP contribution in [0.2, 0.25) is 0 Å². The number of amides is 2. The molecular formula is C23H29N3O6. The predicted octanol–water partition coefficient (Wildman–Crippen LogP) is 1.91. The van der Waals surface area contributed by atoms with Crippen molar-refractivity contribution in [1.29, 1.82) is 0 Å². The average molecular weight is 444 g/mol. The number of rotatable bonds is 3. The van der Waals surface area contributed by atoms with Gasteiger partial charge in [-0.15, -0.1) is 0 Å². The van der Waals surface area contributed by atoms with Crippen LogP contribution in [0.4, 0.5) is 0 Å². The largest absolute Gasteiger partial charge is 0.506 e. The Morgan fingerprint density at radius 1 is 1.06 bits per heavy atom. The van der Waals surface area contributed by atoms with Crippen molar-refractivity contribution in [3.8, 4) is 5.75 Å². The summed E-state index contributed by atoms with van der Waals surface area (Å²) in [7, 11) is 0. The average Bonchev–Trinajstić information content (AvgIpc) is 2.80. The summed E-state index contributed by atoms with van der Waals surface area (Å²) >= 11 is 0. The number of carbonyl (C=O) groups excluding carboxylic acids is 2. The molecule has 1 aromatic heterocycles. The number of nitrogens with zero attached hydrogens (tertiary/aromatic N) is 2. The van der Waals surface area contributed by atoms with Crippen LogP contribution in [-0.4, -0.2) is 68.7 Å². The normalized spacial score (nSPS) is 21.3. The highest BCUT2D eigenvalue weighted by Crippen LogP contribution is 2.30. The number of aromatic nitrogens is 1. The second-order valence-corrected chi connectivity index (χ2v) is 8.24. The van der Waals surface area contributed by atoms with Gasteiger partial charge in [-0.3, -0.25) is 19.4 Å². The Balaban J connectivity index is 0.000000913. The lowest BCUT2D eigenvalue weighted by Gasteiger charge is -2.35. The van der Waals surface area contributed by atoms with E-state index in [-0.39, 0.29) is 47.7 Å². The third kappa shape index (κ3) is 5.53. The zero-order chi connectivity index (χ0) is 23.1. The molecule has 0 bridgehead atoms. The van der Waals surface area contributed by atoms with E-state index in [0.717, 1.165) is 31.1 Å². The number of aromatic hydroxyl groups is 1. The number of hydrogen-bond acceptors (Lipinski definition) is 6. The van der Waals surface area contributed by atoms with Crippen LogP contribution in [0.1, 0.15) is 48.9 Å². The molecule has 2 amide bonds. The molecular weight excluding hydrogens is 414 g/mol. The third-order valence-electron chi connectivity index (χ3n) is 6.22. The van der Waals surface area contributed by atoms with Crippen molar-refractivity contribution in [1.82, 2.24) is 15.2 Å². The maximum atomic E-state index is 12.7. The van der Waals surface area contributed by atoms with Gasteiger partial charge in [-0.2, -0.15) is 0 Å². The van der Waals surface area contributed by atoms with Crippen molar-refractivity contribution in [2.45, 2.75) is 50.7 Å². The standard InChI is InChI=1S/C22H27N3O4.CH2O2/c26-17-8-11-25(12-9-17)22(29)14-1-4-16(5-2-14)24-21(28)19-6-3-15-13-23-10-7-18(15)20(19)27;2-1-3/h3,6-7,10,13-14,16-17,26-27H,1-2,4-5,8-9,11-12H2,(H,24,28);1H,(H,2,3). The molecule has 0 unspecified atom stereocenters. The summed E-state index contributed by atoms with van der Waals surface area (Å²) in [6.07, 6.45) is 7.26. The van der Waals surface area contributed by atoms with Gasteiger partial charge in [0.05, 0.1) is 11.7 Å². The molecule has 0 atom stereocenters. The van der Waals surface area contributed by atoms with Crippen LogP contribution in [0.15, 0.2) is 30.6 Å². The van der Waals surface area contributed by atoms with Gasteiger partial charge in [0.15, 0.2) is 0 Å². The topological polar surface area (TPSA) is 140 Å². The van der Waals surface area contributed by atoms with Crippen molar-refractivity contribution < 1.29 is 29.7 Å². The summed E-state index contributed by atoms with van der Waals surface area (Å²) in [5, 5.41) is 31.4. The number of carbonyl (C=O) groups is 3. The van der Waals surface area contributed by atoms with Gasteiger partial charge in [0.2, 0.25) is 5.91 Å². The number of pyridine rings is 1. The number of fused-ring (bicyclic) bond motifs is 1. The number of phenolic OH excluding ortho intramolecular Hbond substituents is 1. The first-order valence-corrected chi connectivity index (χ1v) is 10.9. The minimum Gasteiger partial charge on any atom is -0.506 e. The number of piperidine rings is 1. The van der Waals surface area contributed by atoms with Gasteiger partial charge >= 0.3 is 0 Å². The first-order chi connectivity index (χ1) is 15.4. The summed E-state index contributed by atoms with van der Waals surface area (Å²) in [4.78, 5) is 39.6. The number of likely N-dealkylation sites (tertiary alicyclic amines) is 1. The van der Waals surface area contributed by atoms with Gasteiger partial charge in [0, 0.05) is 48.2 Å². The summed E-state index contributed by atoms with van der Waals surface area (Å²) in [5.74, 6) is -0.137. The molecule has 4 N–H and O–H groups in total. The van der Waals surface area contributed by atoms with Crippen LogP contribution in [0.5, 0.6) is 5.75 Å². The molecule has 2 heterocycles. The Morgan fingerprint density at radius 2 is 1.72 bits per heavy atom. The van der Waals surface area contributed by atoms with E-state index < -0.39 is 0 Å². The van der Waals surface area contributed by atoms with Crippen LogP contribution >= 0.6 is 0 Å². The molecule has 1 aliphatic carbocycles. The number of phenols is 1. The second kappa shape index (κ2) is 10.9. The molecule has 1 aromatic carbocycles. The lowest BCUT2D eigenvalue weighted by Crippen LogP contribution is -2.45. The van der Waals surface area contributed by atoms with E-state index in [9.17, 15) is 19.8 Å². The summed E-state index contributed by atoms with van der Waals surface area (Å²) < 4.78 is 0. The fourth-order valence-corrected chi connectivity index (χ4v) is 4.43. The summed E-state index contributed by atoms with van der Waals surface area (Å²) in [5.41, 5.74) is 0.258. The van der Waals surface area contributed by atoms with Crippen LogP contribution in [-0.2, 0) is 9.59 Å². The first kappa shape index (κ1) is 23.5. The van der Waals surface area contributed by atoms with Crippen LogP contribution in [0, 0.1) is 5.92 Å². The molecule has 9 nitrogen and oxygen atoms in total. The Bertz CT molecular complexity index is 950. The van der Waals surface area contributed by atoms with Crippen molar-refractivity contribution in [2.75, 3.05) is 13.1 Å². The molecule has 2 fully saturated rings. The van der Waals surface area contributed by atoms with Gasteiger partial charge in [-0.1, -0.05) is 6.07 Å². The Kier molecular flexibility index (Phi) is 7.99. The fourth-order valence-electron chi connectivity index (χ4n) is 4.43. The quantitative estimate of drug-likeness (QED) is 0.531. The van der Waals surface area contributed by atoms with Crippen LogP contribution in [0.3, 0.4) is 0 Å². The highest BCUT2D eigenvalue weighted by atomic mass is 16.3. The molecule has 1 saturated carbocycles. The lowest BCUT2D eigenvalue weighted by molar-refractivity contribution is -0.138. The smallest absolute Gasteiger partial charge is 0.290 e. The van der Waals surface area contributed by atoms with Gasteiger partial charge in [-0.05, 0) is 50.7 Å². The summed E-state index contributed by atoms with van der Waals surface area (Å²) in [6.45, 7) is 1.01. The number of hydrogen-bond donors (Lipinski definition) is 4. The van der Waals surface area contributed by atoms with E-state index in [1.165, 1.54) is 0 Å². The molecule has 1 aliphatic heterocycles. The minimum absolute atomic E-state index is 0.0000309. The molecule has 0 spiro atoms.